The van der Waals surface area contributed by atoms with Gasteiger partial charge in [-0.15, -0.1) is 11.3 Å². The first kappa shape index (κ1) is 25.3. The molecule has 0 saturated carbocycles. The lowest BCUT2D eigenvalue weighted by Crippen LogP contribution is -2.37. The van der Waals surface area contributed by atoms with E-state index in [4.69, 9.17) is 9.47 Å². The second kappa shape index (κ2) is 10.9. The van der Waals surface area contributed by atoms with Gasteiger partial charge in [-0.25, -0.2) is 9.97 Å². The number of hydrogen-bond acceptors (Lipinski definition) is 8. The van der Waals surface area contributed by atoms with Gasteiger partial charge in [-0.2, -0.15) is 0 Å². The van der Waals surface area contributed by atoms with Crippen molar-refractivity contribution in [2.45, 2.75) is 53.5 Å². The standard InChI is InChI=1S/C26H34N4O4S/c1-16-13-21(18(3)30(16)9-6-12-33-5)22(31)14-34-26(32)20-7-10-29(11-8-20)24-23-17(2)19(4)35-25(23)28-15-27-24/h13,15,20H,6-12,14H2,1-5H3. The molecule has 1 aliphatic rings. The fourth-order valence-electron chi connectivity index (χ4n) is 4.86. The van der Waals surface area contributed by atoms with Crippen molar-refractivity contribution < 1.29 is 19.1 Å². The highest BCUT2D eigenvalue weighted by Crippen LogP contribution is 2.35. The SMILES string of the molecule is COCCCn1c(C)cc(C(=O)COC(=O)C2CCN(c3ncnc4sc(C)c(C)c34)CC2)c1C. The number of hydrogen-bond donors (Lipinski definition) is 0. The summed E-state index contributed by atoms with van der Waals surface area (Å²) in [6.07, 6.45) is 3.84. The van der Waals surface area contributed by atoms with E-state index in [1.54, 1.807) is 24.8 Å². The summed E-state index contributed by atoms with van der Waals surface area (Å²) < 4.78 is 12.7. The van der Waals surface area contributed by atoms with Crippen LogP contribution in [-0.4, -0.2) is 59.7 Å². The van der Waals surface area contributed by atoms with Crippen molar-refractivity contribution in [3.63, 3.8) is 0 Å². The number of ether oxygens (including phenoxy) is 2. The average Bonchev–Trinajstić information content (AvgIpc) is 3.32. The van der Waals surface area contributed by atoms with Gasteiger partial charge in [-0.05, 0) is 58.6 Å². The monoisotopic (exact) mass is 498 g/mol. The van der Waals surface area contributed by atoms with Crippen molar-refractivity contribution in [1.29, 1.82) is 0 Å². The molecule has 0 atom stereocenters. The Bertz CT molecular complexity index is 1220. The summed E-state index contributed by atoms with van der Waals surface area (Å²) in [7, 11) is 1.68. The van der Waals surface area contributed by atoms with E-state index in [1.807, 2.05) is 19.9 Å². The molecular weight excluding hydrogens is 464 g/mol. The Morgan fingerprint density at radius 2 is 1.89 bits per heavy atom. The molecular formula is C26H34N4O4S. The number of fused-ring (bicyclic) bond motifs is 1. The first-order chi connectivity index (χ1) is 16.8. The summed E-state index contributed by atoms with van der Waals surface area (Å²) in [4.78, 5) is 39.0. The average molecular weight is 499 g/mol. The van der Waals surface area contributed by atoms with Crippen LogP contribution in [-0.2, 0) is 20.8 Å². The van der Waals surface area contributed by atoms with Gasteiger partial charge in [0.1, 0.15) is 17.0 Å². The number of thiophene rings is 1. The lowest BCUT2D eigenvalue weighted by atomic mass is 9.96. The van der Waals surface area contributed by atoms with Crippen molar-refractivity contribution >= 4 is 39.1 Å². The van der Waals surface area contributed by atoms with Crippen LogP contribution < -0.4 is 4.90 Å². The van der Waals surface area contributed by atoms with Gasteiger partial charge in [0.25, 0.3) is 0 Å². The van der Waals surface area contributed by atoms with E-state index in [1.165, 1.54) is 10.4 Å². The lowest BCUT2D eigenvalue weighted by Gasteiger charge is -2.32. The van der Waals surface area contributed by atoms with Crippen LogP contribution in [0, 0.1) is 33.6 Å². The molecule has 35 heavy (non-hydrogen) atoms. The maximum atomic E-state index is 12.8. The molecule has 0 aliphatic carbocycles. The van der Waals surface area contributed by atoms with E-state index < -0.39 is 0 Å². The summed E-state index contributed by atoms with van der Waals surface area (Å²) in [6, 6.07) is 1.88. The summed E-state index contributed by atoms with van der Waals surface area (Å²) >= 11 is 1.69. The third-order valence-electron chi connectivity index (χ3n) is 7.02. The zero-order chi connectivity index (χ0) is 25.1. The Kier molecular flexibility index (Phi) is 7.86. The molecule has 4 rings (SSSR count). The number of Topliss-reactive ketones (excluding diaryl/α,β-unsaturated/α-hetero) is 1. The van der Waals surface area contributed by atoms with E-state index in [-0.39, 0.29) is 24.3 Å². The van der Waals surface area contributed by atoms with Gasteiger partial charge >= 0.3 is 5.97 Å². The summed E-state index contributed by atoms with van der Waals surface area (Å²) in [5, 5.41) is 1.11. The van der Waals surface area contributed by atoms with Crippen molar-refractivity contribution in [3.8, 4) is 0 Å². The first-order valence-corrected chi connectivity index (χ1v) is 12.9. The Labute approximate surface area is 210 Å². The largest absolute Gasteiger partial charge is 0.457 e. The van der Waals surface area contributed by atoms with Gasteiger partial charge in [0.05, 0.1) is 11.3 Å². The molecule has 8 nitrogen and oxygen atoms in total. The number of carbonyl (C=O) groups is 2. The highest BCUT2D eigenvalue weighted by molar-refractivity contribution is 7.18. The highest BCUT2D eigenvalue weighted by atomic mass is 32.1. The van der Waals surface area contributed by atoms with Gasteiger partial charge < -0.3 is 18.9 Å². The fourth-order valence-corrected chi connectivity index (χ4v) is 5.85. The van der Waals surface area contributed by atoms with Crippen LogP contribution in [0.25, 0.3) is 10.2 Å². The number of aromatic nitrogens is 3. The molecule has 188 valence electrons. The molecule has 1 fully saturated rings. The van der Waals surface area contributed by atoms with Crippen molar-refractivity contribution in [2.24, 2.45) is 5.92 Å². The van der Waals surface area contributed by atoms with Crippen molar-refractivity contribution in [2.75, 3.05) is 38.3 Å². The summed E-state index contributed by atoms with van der Waals surface area (Å²) in [5.74, 6) is 0.290. The number of aryl methyl sites for hydroxylation is 3. The number of carbonyl (C=O) groups excluding carboxylic acids is 2. The van der Waals surface area contributed by atoms with Gasteiger partial charge in [-0.3, -0.25) is 9.59 Å². The van der Waals surface area contributed by atoms with Crippen LogP contribution in [0.15, 0.2) is 12.4 Å². The molecule has 0 aromatic carbocycles. The molecule has 0 radical (unpaired) electrons. The van der Waals surface area contributed by atoms with Gasteiger partial charge in [-0.1, -0.05) is 0 Å². The Morgan fingerprint density at radius 1 is 1.14 bits per heavy atom. The Hall–Kier alpha value is -2.78. The third-order valence-corrected chi connectivity index (χ3v) is 8.14. The van der Waals surface area contributed by atoms with Gasteiger partial charge in [0.15, 0.2) is 6.61 Å². The van der Waals surface area contributed by atoms with E-state index >= 15 is 0 Å². The Morgan fingerprint density at radius 3 is 2.60 bits per heavy atom. The molecule has 0 spiro atoms. The normalized spacial score (nSPS) is 14.6. The number of esters is 1. The molecule has 0 unspecified atom stereocenters. The second-order valence-electron chi connectivity index (χ2n) is 9.24. The number of methoxy groups -OCH3 is 1. The molecule has 4 heterocycles. The second-order valence-corrected chi connectivity index (χ2v) is 10.4. The zero-order valence-electron chi connectivity index (χ0n) is 21.2. The minimum atomic E-state index is -0.290. The molecule has 3 aromatic heterocycles. The molecule has 9 heteroatoms. The molecule has 0 N–H and O–H groups in total. The minimum absolute atomic E-state index is 0.159. The van der Waals surface area contributed by atoms with Gasteiger partial charge in [0, 0.05) is 55.2 Å². The van der Waals surface area contributed by atoms with Crippen LogP contribution in [0.3, 0.4) is 0 Å². The van der Waals surface area contributed by atoms with E-state index in [9.17, 15) is 9.59 Å². The number of piperidine rings is 1. The molecule has 0 amide bonds. The van der Waals surface area contributed by atoms with Crippen LogP contribution in [0.5, 0.6) is 0 Å². The number of rotatable bonds is 9. The fraction of sp³-hybridized carbons (Fsp3) is 0.538. The lowest BCUT2D eigenvalue weighted by molar-refractivity contribution is -0.148. The van der Waals surface area contributed by atoms with Crippen molar-refractivity contribution in [1.82, 2.24) is 14.5 Å². The molecule has 1 aliphatic heterocycles. The van der Waals surface area contributed by atoms with Crippen LogP contribution >= 0.6 is 11.3 Å². The van der Waals surface area contributed by atoms with E-state index in [2.05, 4.69) is 33.3 Å². The topological polar surface area (TPSA) is 86.5 Å². The zero-order valence-corrected chi connectivity index (χ0v) is 22.0. The van der Waals surface area contributed by atoms with Gasteiger partial charge in [0.2, 0.25) is 5.78 Å². The number of ketones is 1. The van der Waals surface area contributed by atoms with Crippen LogP contribution in [0.1, 0.15) is 51.4 Å². The van der Waals surface area contributed by atoms with E-state index in [0.29, 0.717) is 25.0 Å². The van der Waals surface area contributed by atoms with Crippen LogP contribution in [0.2, 0.25) is 0 Å². The van der Waals surface area contributed by atoms with Crippen molar-refractivity contribution in [3.05, 3.63) is 39.8 Å². The smallest absolute Gasteiger partial charge is 0.309 e. The predicted molar refractivity (Wildman–Crippen MR) is 138 cm³/mol. The molecule has 0 bridgehead atoms. The highest BCUT2D eigenvalue weighted by Gasteiger charge is 2.29. The predicted octanol–water partition coefficient (Wildman–Crippen LogP) is 4.41. The molecule has 1 saturated heterocycles. The minimum Gasteiger partial charge on any atom is -0.457 e. The van der Waals surface area contributed by atoms with Crippen LogP contribution in [0.4, 0.5) is 5.82 Å². The molecule has 3 aromatic rings. The maximum absolute atomic E-state index is 12.8. The van der Waals surface area contributed by atoms with E-state index in [0.717, 1.165) is 53.5 Å². The quantitative estimate of drug-likeness (QED) is 0.245. The summed E-state index contributed by atoms with van der Waals surface area (Å²) in [6.45, 7) is 10.8. The maximum Gasteiger partial charge on any atom is 0.309 e. The summed E-state index contributed by atoms with van der Waals surface area (Å²) in [5.41, 5.74) is 3.77. The number of nitrogens with zero attached hydrogens (tertiary/aromatic N) is 4. The first-order valence-electron chi connectivity index (χ1n) is 12.1. The third kappa shape index (κ3) is 5.26. The Balaban J connectivity index is 1.32. The number of anilines is 1.